The van der Waals surface area contributed by atoms with Gasteiger partial charge in [0.15, 0.2) is 0 Å². The van der Waals surface area contributed by atoms with E-state index in [0.29, 0.717) is 0 Å². The predicted molar refractivity (Wildman–Crippen MR) is 89.4 cm³/mol. The molecule has 0 saturated heterocycles. The summed E-state index contributed by atoms with van der Waals surface area (Å²) in [6, 6.07) is 19.0. The molecule has 0 saturated carbocycles. The summed E-state index contributed by atoms with van der Waals surface area (Å²) in [4.78, 5) is 0. The molecule has 2 aromatic rings. The Hall–Kier alpha value is -1.60. The summed E-state index contributed by atoms with van der Waals surface area (Å²) in [5.41, 5.74) is 8.38. The van der Waals surface area contributed by atoms with Crippen LogP contribution < -0.4 is 5.73 Å². The lowest BCUT2D eigenvalue weighted by Crippen LogP contribution is -1.77. The van der Waals surface area contributed by atoms with Crippen molar-refractivity contribution in [2.24, 2.45) is 5.73 Å². The van der Waals surface area contributed by atoms with Crippen molar-refractivity contribution in [3.8, 4) is 11.1 Å². The van der Waals surface area contributed by atoms with Crippen molar-refractivity contribution in [1.29, 1.82) is 0 Å². The van der Waals surface area contributed by atoms with Crippen LogP contribution in [0.2, 0.25) is 0 Å². The summed E-state index contributed by atoms with van der Waals surface area (Å²) in [5.74, 6) is 0. The molecule has 0 aromatic heterocycles. The van der Waals surface area contributed by atoms with Crippen molar-refractivity contribution < 1.29 is 0 Å². The van der Waals surface area contributed by atoms with E-state index in [1.165, 1.54) is 23.7 Å². The Kier molecular flexibility index (Phi) is 15.0. The van der Waals surface area contributed by atoms with E-state index in [9.17, 15) is 0 Å². The molecular weight excluding hydrogens is 230 g/mol. The number of nitrogens with two attached hydrogens (primary N) is 1. The zero-order chi connectivity index (χ0) is 15.1. The zero-order valence-corrected chi connectivity index (χ0v) is 13.3. The van der Waals surface area contributed by atoms with Gasteiger partial charge in [-0.05, 0) is 25.1 Å². The minimum atomic E-state index is 1.28. The third-order valence-corrected chi connectivity index (χ3v) is 2.13. The summed E-state index contributed by atoms with van der Waals surface area (Å²) in [5, 5.41) is 0. The molecule has 0 unspecified atom stereocenters. The van der Waals surface area contributed by atoms with Crippen molar-refractivity contribution in [3.63, 3.8) is 0 Å². The first kappa shape index (κ1) is 19.7. The highest BCUT2D eigenvalue weighted by molar-refractivity contribution is 5.63. The van der Waals surface area contributed by atoms with Crippen LogP contribution in [0.15, 0.2) is 54.6 Å². The minimum absolute atomic E-state index is 1.28. The lowest BCUT2D eigenvalue weighted by atomic mass is 10.0. The van der Waals surface area contributed by atoms with E-state index < -0.39 is 0 Å². The van der Waals surface area contributed by atoms with Gasteiger partial charge in [-0.25, -0.2) is 0 Å². The van der Waals surface area contributed by atoms with Crippen LogP contribution in [0.3, 0.4) is 0 Å². The predicted octanol–water partition coefficient (Wildman–Crippen LogP) is 5.29. The third-order valence-electron chi connectivity index (χ3n) is 2.13. The van der Waals surface area contributed by atoms with Gasteiger partial charge in [-0.3, -0.25) is 0 Å². The van der Waals surface area contributed by atoms with Crippen LogP contribution in [0.4, 0.5) is 0 Å². The molecule has 0 bridgehead atoms. The molecule has 1 nitrogen and oxygen atoms in total. The molecule has 0 aliphatic heterocycles. The van der Waals surface area contributed by atoms with Gasteiger partial charge in [0.25, 0.3) is 0 Å². The smallest absolute Gasteiger partial charge is 0.0181 e. The van der Waals surface area contributed by atoms with E-state index in [-0.39, 0.29) is 0 Å². The maximum absolute atomic E-state index is 4.50. The number of hydrogen-bond acceptors (Lipinski definition) is 1. The Labute approximate surface area is 119 Å². The second kappa shape index (κ2) is 14.5. The molecule has 106 valence electrons. The van der Waals surface area contributed by atoms with Crippen molar-refractivity contribution >= 4 is 0 Å². The fourth-order valence-corrected chi connectivity index (χ4v) is 1.46. The summed E-state index contributed by atoms with van der Waals surface area (Å²) >= 11 is 0. The minimum Gasteiger partial charge on any atom is -0.333 e. The van der Waals surface area contributed by atoms with Gasteiger partial charge in [0.2, 0.25) is 0 Å². The average Bonchev–Trinajstić information content (AvgIpc) is 2.54. The molecule has 0 atom stereocenters. The van der Waals surface area contributed by atoms with E-state index >= 15 is 0 Å². The molecular formula is C18H29N. The van der Waals surface area contributed by atoms with Crippen LogP contribution in [0.1, 0.15) is 33.3 Å². The summed E-state index contributed by atoms with van der Waals surface area (Å²) in [6.07, 6.45) is 0. The summed E-state index contributed by atoms with van der Waals surface area (Å²) in [7, 11) is 1.50. The summed E-state index contributed by atoms with van der Waals surface area (Å²) < 4.78 is 0. The molecule has 0 spiro atoms. The Balaban J connectivity index is 0. The van der Waals surface area contributed by atoms with Crippen LogP contribution in [-0.4, -0.2) is 7.05 Å². The van der Waals surface area contributed by atoms with Crippen molar-refractivity contribution in [3.05, 3.63) is 60.2 Å². The Bertz CT molecular complexity index is 393. The first-order chi connectivity index (χ1) is 9.36. The molecule has 0 amide bonds. The number of aryl methyl sites for hydroxylation is 1. The highest BCUT2D eigenvalue weighted by atomic mass is 14.4. The maximum atomic E-state index is 4.50. The quantitative estimate of drug-likeness (QED) is 0.740. The molecule has 1 heteroatoms. The largest absolute Gasteiger partial charge is 0.333 e. The van der Waals surface area contributed by atoms with Gasteiger partial charge in [0.05, 0.1) is 0 Å². The lowest BCUT2D eigenvalue weighted by Gasteiger charge is -2.01. The molecule has 19 heavy (non-hydrogen) atoms. The van der Waals surface area contributed by atoms with Crippen LogP contribution in [0, 0.1) is 6.92 Å². The monoisotopic (exact) mass is 259 g/mol. The molecule has 0 fully saturated rings. The van der Waals surface area contributed by atoms with E-state index in [0.717, 1.165) is 0 Å². The molecule has 0 aliphatic carbocycles. The molecule has 2 aromatic carbocycles. The second-order valence-corrected chi connectivity index (χ2v) is 3.24. The van der Waals surface area contributed by atoms with Crippen LogP contribution >= 0.6 is 0 Å². The first-order valence-corrected chi connectivity index (χ1v) is 7.06. The number of hydrogen-bond donors (Lipinski definition) is 1. The molecule has 0 radical (unpaired) electrons. The Morgan fingerprint density at radius 1 is 0.632 bits per heavy atom. The van der Waals surface area contributed by atoms with Gasteiger partial charge in [0, 0.05) is 0 Å². The van der Waals surface area contributed by atoms with E-state index in [2.05, 4.69) is 61.2 Å². The Morgan fingerprint density at radius 3 is 1.58 bits per heavy atom. The second-order valence-electron chi connectivity index (χ2n) is 3.24. The van der Waals surface area contributed by atoms with Gasteiger partial charge in [-0.2, -0.15) is 0 Å². The van der Waals surface area contributed by atoms with E-state index in [1.807, 2.05) is 33.8 Å². The molecule has 2 N–H and O–H groups in total. The normalized spacial score (nSPS) is 7.74. The van der Waals surface area contributed by atoms with Gasteiger partial charge in [0.1, 0.15) is 0 Å². The average molecular weight is 259 g/mol. The zero-order valence-electron chi connectivity index (χ0n) is 13.3. The molecule has 0 heterocycles. The molecule has 2 rings (SSSR count). The maximum Gasteiger partial charge on any atom is -0.0181 e. The highest BCUT2D eigenvalue weighted by Gasteiger charge is 1.94. The highest BCUT2D eigenvalue weighted by Crippen LogP contribution is 2.19. The topological polar surface area (TPSA) is 26.0 Å². The van der Waals surface area contributed by atoms with E-state index in [1.54, 1.807) is 0 Å². The standard InChI is InChI=1S/C13H12.2C2H6.CH5N/c1-11-6-5-9-13(10-11)12-7-3-2-4-8-12;3*1-2/h2-10H,1H3;2*1-2H3;2H2,1H3. The van der Waals surface area contributed by atoms with Crippen LogP contribution in [0.5, 0.6) is 0 Å². The van der Waals surface area contributed by atoms with Gasteiger partial charge in [-0.1, -0.05) is 87.9 Å². The van der Waals surface area contributed by atoms with Gasteiger partial charge < -0.3 is 5.73 Å². The fraction of sp³-hybridized carbons (Fsp3) is 0.333. The van der Waals surface area contributed by atoms with Crippen LogP contribution in [0.25, 0.3) is 11.1 Å². The SMILES string of the molecule is CC.CC.CN.Cc1cccc(-c2ccccc2)c1. The number of rotatable bonds is 1. The third kappa shape index (κ3) is 8.17. The fourth-order valence-electron chi connectivity index (χ4n) is 1.46. The molecule has 0 aliphatic rings. The number of benzene rings is 2. The lowest BCUT2D eigenvalue weighted by molar-refractivity contribution is 1.47. The van der Waals surface area contributed by atoms with Crippen molar-refractivity contribution in [2.45, 2.75) is 34.6 Å². The van der Waals surface area contributed by atoms with Crippen molar-refractivity contribution in [1.82, 2.24) is 0 Å². The summed E-state index contributed by atoms with van der Waals surface area (Å²) in [6.45, 7) is 10.1. The van der Waals surface area contributed by atoms with Crippen molar-refractivity contribution in [2.75, 3.05) is 7.05 Å². The first-order valence-electron chi connectivity index (χ1n) is 7.06. The van der Waals surface area contributed by atoms with Crippen LogP contribution in [-0.2, 0) is 0 Å². The van der Waals surface area contributed by atoms with Gasteiger partial charge in [-0.15, -0.1) is 0 Å². The van der Waals surface area contributed by atoms with E-state index in [4.69, 9.17) is 0 Å². The Morgan fingerprint density at radius 2 is 1.11 bits per heavy atom. The van der Waals surface area contributed by atoms with Gasteiger partial charge >= 0.3 is 0 Å².